The van der Waals surface area contributed by atoms with E-state index >= 15 is 0 Å². The van der Waals surface area contributed by atoms with Gasteiger partial charge >= 0.3 is 6.09 Å². The standard InChI is InChI=1S/C15H31NO3/c1-5-6-7-8-9-10-11-12-13-18-16-14(17)19-15(2,3)4/h5-13H2,1-4H3,(H,16,17). The van der Waals surface area contributed by atoms with Crippen molar-refractivity contribution in [1.82, 2.24) is 5.48 Å². The number of carbonyl (C=O) groups is 1. The van der Waals surface area contributed by atoms with Gasteiger partial charge in [-0.2, -0.15) is 5.48 Å². The van der Waals surface area contributed by atoms with Crippen LogP contribution >= 0.6 is 0 Å². The van der Waals surface area contributed by atoms with Gasteiger partial charge in [-0.1, -0.05) is 51.9 Å². The van der Waals surface area contributed by atoms with Crippen LogP contribution in [-0.4, -0.2) is 18.3 Å². The van der Waals surface area contributed by atoms with Crippen molar-refractivity contribution in [1.29, 1.82) is 0 Å². The van der Waals surface area contributed by atoms with E-state index < -0.39 is 11.7 Å². The number of rotatable bonds is 10. The van der Waals surface area contributed by atoms with Crippen molar-refractivity contribution in [3.8, 4) is 0 Å². The maximum atomic E-state index is 11.2. The molecule has 0 bridgehead atoms. The topological polar surface area (TPSA) is 47.6 Å². The molecule has 4 heteroatoms. The summed E-state index contributed by atoms with van der Waals surface area (Å²) >= 11 is 0. The molecule has 0 aliphatic heterocycles. The molecule has 1 amide bonds. The lowest BCUT2D eigenvalue weighted by atomic mass is 10.1. The lowest BCUT2D eigenvalue weighted by molar-refractivity contribution is -0.00860. The summed E-state index contributed by atoms with van der Waals surface area (Å²) < 4.78 is 5.05. The normalized spacial score (nSPS) is 11.4. The molecule has 0 atom stereocenters. The summed E-state index contributed by atoms with van der Waals surface area (Å²) in [4.78, 5) is 16.3. The highest BCUT2D eigenvalue weighted by molar-refractivity contribution is 5.66. The summed E-state index contributed by atoms with van der Waals surface area (Å²) in [5.41, 5.74) is 1.82. The molecule has 4 nitrogen and oxygen atoms in total. The molecule has 0 aromatic rings. The summed E-state index contributed by atoms with van der Waals surface area (Å²) in [7, 11) is 0. The quantitative estimate of drug-likeness (QED) is 0.468. The zero-order valence-corrected chi connectivity index (χ0v) is 13.1. The predicted octanol–water partition coefficient (Wildman–Crippen LogP) is 4.58. The molecular formula is C15H31NO3. The molecule has 0 unspecified atom stereocenters. The van der Waals surface area contributed by atoms with Gasteiger partial charge in [0.2, 0.25) is 0 Å². The second-order valence-corrected chi connectivity index (χ2v) is 5.93. The molecule has 0 saturated carbocycles. The Bertz CT molecular complexity index is 224. The number of hydrogen-bond donors (Lipinski definition) is 1. The van der Waals surface area contributed by atoms with Crippen LogP contribution in [0.2, 0.25) is 0 Å². The lowest BCUT2D eigenvalue weighted by Gasteiger charge is -2.19. The third-order valence-corrected chi connectivity index (χ3v) is 2.65. The highest BCUT2D eigenvalue weighted by Gasteiger charge is 2.15. The van der Waals surface area contributed by atoms with Crippen molar-refractivity contribution in [2.24, 2.45) is 0 Å². The Hall–Kier alpha value is -0.770. The molecule has 0 aromatic heterocycles. The average molecular weight is 273 g/mol. The van der Waals surface area contributed by atoms with Crippen LogP contribution in [0.25, 0.3) is 0 Å². The molecule has 0 aliphatic rings. The first kappa shape index (κ1) is 18.2. The fraction of sp³-hybridized carbons (Fsp3) is 0.933. The summed E-state index contributed by atoms with van der Waals surface area (Å²) in [6.45, 7) is 8.25. The van der Waals surface area contributed by atoms with Crippen molar-refractivity contribution in [2.45, 2.75) is 84.7 Å². The number of hydrogen-bond acceptors (Lipinski definition) is 3. The van der Waals surface area contributed by atoms with E-state index in [4.69, 9.17) is 9.57 Å². The third kappa shape index (κ3) is 15.2. The Morgan fingerprint density at radius 1 is 0.947 bits per heavy atom. The minimum absolute atomic E-state index is 0.480. The third-order valence-electron chi connectivity index (χ3n) is 2.65. The number of ether oxygens (including phenoxy) is 1. The van der Waals surface area contributed by atoms with Crippen molar-refractivity contribution in [2.75, 3.05) is 6.61 Å². The van der Waals surface area contributed by atoms with Crippen LogP contribution in [0.4, 0.5) is 4.79 Å². The van der Waals surface area contributed by atoms with E-state index in [-0.39, 0.29) is 0 Å². The van der Waals surface area contributed by atoms with E-state index in [1.54, 1.807) is 0 Å². The van der Waals surface area contributed by atoms with Crippen LogP contribution < -0.4 is 5.48 Å². The van der Waals surface area contributed by atoms with Crippen molar-refractivity contribution >= 4 is 6.09 Å². The van der Waals surface area contributed by atoms with Crippen molar-refractivity contribution in [3.05, 3.63) is 0 Å². The van der Waals surface area contributed by atoms with Crippen LogP contribution in [0.5, 0.6) is 0 Å². The van der Waals surface area contributed by atoms with Gasteiger partial charge in [0, 0.05) is 0 Å². The minimum atomic E-state index is -0.521. The van der Waals surface area contributed by atoms with Crippen LogP contribution in [0, 0.1) is 0 Å². The monoisotopic (exact) mass is 273 g/mol. The first-order valence-corrected chi connectivity index (χ1v) is 7.56. The molecule has 0 radical (unpaired) electrons. The molecule has 0 rings (SSSR count). The number of amides is 1. The lowest BCUT2D eigenvalue weighted by Crippen LogP contribution is -2.32. The molecule has 114 valence electrons. The van der Waals surface area contributed by atoms with Gasteiger partial charge in [-0.05, 0) is 27.2 Å². The molecule has 0 saturated heterocycles. The highest BCUT2D eigenvalue weighted by Crippen LogP contribution is 2.08. The maximum absolute atomic E-state index is 11.2. The van der Waals surface area contributed by atoms with Gasteiger partial charge in [0.1, 0.15) is 5.60 Å². The molecule has 19 heavy (non-hydrogen) atoms. The molecule has 0 spiro atoms. The van der Waals surface area contributed by atoms with Gasteiger partial charge in [-0.15, -0.1) is 0 Å². The van der Waals surface area contributed by atoms with Crippen LogP contribution in [0.3, 0.4) is 0 Å². The molecule has 1 N–H and O–H groups in total. The van der Waals surface area contributed by atoms with E-state index in [1.807, 2.05) is 20.8 Å². The molecule has 0 heterocycles. The van der Waals surface area contributed by atoms with E-state index in [1.165, 1.54) is 38.5 Å². The van der Waals surface area contributed by atoms with Crippen LogP contribution in [-0.2, 0) is 9.57 Å². The Balaban J connectivity index is 3.21. The first-order chi connectivity index (χ1) is 8.95. The SMILES string of the molecule is CCCCCCCCCCONC(=O)OC(C)(C)C. The maximum Gasteiger partial charge on any atom is 0.431 e. The number of hydroxylamine groups is 1. The van der Waals surface area contributed by atoms with E-state index in [2.05, 4.69) is 12.4 Å². The van der Waals surface area contributed by atoms with E-state index in [0.717, 1.165) is 12.8 Å². The first-order valence-electron chi connectivity index (χ1n) is 7.56. The fourth-order valence-corrected chi connectivity index (χ4v) is 1.72. The van der Waals surface area contributed by atoms with E-state index in [0.29, 0.717) is 6.61 Å². The smallest absolute Gasteiger partial charge is 0.431 e. The Morgan fingerprint density at radius 2 is 1.47 bits per heavy atom. The summed E-state index contributed by atoms with van der Waals surface area (Å²) in [5.74, 6) is 0. The van der Waals surface area contributed by atoms with Gasteiger partial charge in [0.25, 0.3) is 0 Å². The fourth-order valence-electron chi connectivity index (χ4n) is 1.72. The number of unbranched alkanes of at least 4 members (excludes halogenated alkanes) is 7. The number of nitrogens with one attached hydrogen (secondary N) is 1. The second kappa shape index (κ2) is 11.1. The van der Waals surface area contributed by atoms with Crippen molar-refractivity contribution in [3.63, 3.8) is 0 Å². The van der Waals surface area contributed by atoms with E-state index in [9.17, 15) is 4.79 Å². The molecule has 0 aliphatic carbocycles. The van der Waals surface area contributed by atoms with Crippen LogP contribution in [0.15, 0.2) is 0 Å². The largest absolute Gasteiger partial charge is 0.442 e. The van der Waals surface area contributed by atoms with Crippen LogP contribution in [0.1, 0.15) is 79.1 Å². The summed E-state index contributed by atoms with van der Waals surface area (Å²) in [6.07, 6.45) is 9.50. The van der Waals surface area contributed by atoms with Gasteiger partial charge in [-0.3, -0.25) is 4.84 Å². The van der Waals surface area contributed by atoms with Gasteiger partial charge in [0.15, 0.2) is 0 Å². The Labute approximate surface area is 118 Å². The molecular weight excluding hydrogens is 242 g/mol. The summed E-state index contributed by atoms with van der Waals surface area (Å²) in [6, 6.07) is 0. The minimum Gasteiger partial charge on any atom is -0.442 e. The molecule has 0 aromatic carbocycles. The zero-order valence-electron chi connectivity index (χ0n) is 13.1. The average Bonchev–Trinajstić information content (AvgIpc) is 2.29. The Kier molecular flexibility index (Phi) is 10.6. The van der Waals surface area contributed by atoms with Gasteiger partial charge in [-0.25, -0.2) is 4.79 Å². The molecule has 0 fully saturated rings. The van der Waals surface area contributed by atoms with Gasteiger partial charge in [0.05, 0.1) is 6.61 Å². The zero-order chi connectivity index (χ0) is 14.6. The second-order valence-electron chi connectivity index (χ2n) is 5.93. The predicted molar refractivity (Wildman–Crippen MR) is 77.9 cm³/mol. The summed E-state index contributed by atoms with van der Waals surface area (Å²) in [5, 5.41) is 0. The Morgan fingerprint density at radius 3 is 2.00 bits per heavy atom. The van der Waals surface area contributed by atoms with Crippen molar-refractivity contribution < 1.29 is 14.4 Å². The number of carbonyl (C=O) groups excluding carboxylic acids is 1. The highest BCUT2D eigenvalue weighted by atomic mass is 16.7. The van der Waals surface area contributed by atoms with Gasteiger partial charge < -0.3 is 4.74 Å².